The van der Waals surface area contributed by atoms with E-state index in [1.165, 1.54) is 42.7 Å². The maximum absolute atomic E-state index is 3.53. The first-order valence-corrected chi connectivity index (χ1v) is 9.23. The van der Waals surface area contributed by atoms with E-state index in [2.05, 4.69) is 70.1 Å². The Morgan fingerprint density at radius 2 is 1.67 bits per heavy atom. The molecule has 3 heteroatoms. The third-order valence-electron chi connectivity index (χ3n) is 5.21. The normalized spacial score (nSPS) is 19.8. The summed E-state index contributed by atoms with van der Waals surface area (Å²) >= 11 is 0. The van der Waals surface area contributed by atoms with Crippen molar-refractivity contribution in [2.24, 2.45) is 5.92 Å². The molecule has 0 radical (unpaired) electrons. The number of nitrogens with zero attached hydrogens (tertiary/aromatic N) is 1. The van der Waals surface area contributed by atoms with Gasteiger partial charge < -0.3 is 10.6 Å². The summed E-state index contributed by atoms with van der Waals surface area (Å²) in [6.07, 6.45) is 2.78. The van der Waals surface area contributed by atoms with Crippen molar-refractivity contribution in [3.8, 4) is 0 Å². The van der Waals surface area contributed by atoms with Gasteiger partial charge in [0.05, 0.1) is 0 Å². The lowest BCUT2D eigenvalue weighted by atomic mass is 9.99. The number of nitrogens with one attached hydrogen (secondary N) is 2. The van der Waals surface area contributed by atoms with E-state index in [0.29, 0.717) is 6.04 Å². The summed E-state index contributed by atoms with van der Waals surface area (Å²) in [5.74, 6) is 0.867. The van der Waals surface area contributed by atoms with Crippen molar-refractivity contribution in [2.45, 2.75) is 25.4 Å². The first kappa shape index (κ1) is 15.7. The van der Waals surface area contributed by atoms with Crippen LogP contribution in [0.1, 0.15) is 30.0 Å². The molecular weight excluding hydrogens is 294 g/mol. The van der Waals surface area contributed by atoms with Crippen LogP contribution in [0.25, 0.3) is 0 Å². The van der Waals surface area contributed by atoms with Gasteiger partial charge in [0.1, 0.15) is 0 Å². The van der Waals surface area contributed by atoms with E-state index in [1.54, 1.807) is 0 Å². The summed E-state index contributed by atoms with van der Waals surface area (Å²) in [5, 5.41) is 7.00. The molecule has 1 aliphatic carbocycles. The molecule has 1 heterocycles. The molecule has 0 bridgehead atoms. The van der Waals surface area contributed by atoms with E-state index in [4.69, 9.17) is 0 Å². The van der Waals surface area contributed by atoms with E-state index >= 15 is 0 Å². The van der Waals surface area contributed by atoms with Crippen LogP contribution in [0, 0.1) is 5.92 Å². The Bertz CT molecular complexity index is 628. The van der Waals surface area contributed by atoms with Crippen LogP contribution in [0.4, 0.5) is 5.69 Å². The molecule has 0 unspecified atom stereocenters. The molecule has 1 atom stereocenters. The van der Waals surface area contributed by atoms with E-state index in [1.807, 2.05) is 0 Å². The average Bonchev–Trinajstić information content (AvgIpc) is 3.48. The molecule has 1 aliphatic heterocycles. The molecule has 4 rings (SSSR count). The van der Waals surface area contributed by atoms with Gasteiger partial charge in [0.2, 0.25) is 0 Å². The van der Waals surface area contributed by atoms with Crippen LogP contribution in [-0.4, -0.2) is 31.1 Å². The minimum absolute atomic E-state index is 0.621. The van der Waals surface area contributed by atoms with Crippen LogP contribution in [0.15, 0.2) is 54.6 Å². The van der Waals surface area contributed by atoms with Crippen molar-refractivity contribution >= 4 is 5.69 Å². The number of benzene rings is 2. The minimum atomic E-state index is 0.621. The highest BCUT2D eigenvalue weighted by molar-refractivity contribution is 5.46. The summed E-state index contributed by atoms with van der Waals surface area (Å²) < 4.78 is 0. The predicted octanol–water partition coefficient (Wildman–Crippen LogP) is 3.66. The van der Waals surface area contributed by atoms with Gasteiger partial charge in [0.25, 0.3) is 0 Å². The fraction of sp³-hybridized carbons (Fsp3) is 0.429. The second-order valence-electron chi connectivity index (χ2n) is 7.03. The summed E-state index contributed by atoms with van der Waals surface area (Å²) in [5.41, 5.74) is 4.01. The summed E-state index contributed by atoms with van der Waals surface area (Å²) in [6.45, 7) is 5.48. The largest absolute Gasteiger partial charge is 0.381 e. The first-order valence-electron chi connectivity index (χ1n) is 9.23. The Labute approximate surface area is 145 Å². The van der Waals surface area contributed by atoms with Crippen LogP contribution in [0.3, 0.4) is 0 Å². The zero-order valence-corrected chi connectivity index (χ0v) is 14.2. The third kappa shape index (κ3) is 3.80. The highest BCUT2D eigenvalue weighted by Crippen LogP contribution is 2.44. The Kier molecular flexibility index (Phi) is 4.81. The van der Waals surface area contributed by atoms with Crippen LogP contribution >= 0.6 is 0 Å². The molecule has 1 saturated carbocycles. The molecule has 126 valence electrons. The molecule has 2 aromatic rings. The van der Waals surface area contributed by atoms with Gasteiger partial charge in [-0.25, -0.2) is 0 Å². The molecule has 0 aromatic heterocycles. The monoisotopic (exact) mass is 321 g/mol. The maximum atomic E-state index is 3.53. The summed E-state index contributed by atoms with van der Waals surface area (Å²) in [7, 11) is 0. The van der Waals surface area contributed by atoms with Gasteiger partial charge in [-0.2, -0.15) is 0 Å². The maximum Gasteiger partial charge on any atom is 0.0400 e. The van der Waals surface area contributed by atoms with E-state index in [0.717, 1.165) is 25.6 Å². The predicted molar refractivity (Wildman–Crippen MR) is 100 cm³/mol. The van der Waals surface area contributed by atoms with Crippen molar-refractivity contribution in [2.75, 3.05) is 31.5 Å². The summed E-state index contributed by atoms with van der Waals surface area (Å²) in [4.78, 5) is 2.68. The van der Waals surface area contributed by atoms with Crippen molar-refractivity contribution in [1.82, 2.24) is 10.2 Å². The number of hydrogen-bond acceptors (Lipinski definition) is 3. The standard InChI is InChI=1S/C21H27N3/c1-2-4-17(5-3-1)16-23-20-10-8-19(9-11-20)21(18-6-7-18)24-14-12-22-13-15-24/h1-5,8-11,18,21-23H,6-7,12-16H2/t21-/m1/s1. The quantitative estimate of drug-likeness (QED) is 0.850. The molecule has 2 aromatic carbocycles. The molecule has 3 nitrogen and oxygen atoms in total. The van der Waals surface area contributed by atoms with Crippen LogP contribution in [0.2, 0.25) is 0 Å². The van der Waals surface area contributed by atoms with E-state index in [-0.39, 0.29) is 0 Å². The second kappa shape index (κ2) is 7.37. The topological polar surface area (TPSA) is 27.3 Å². The second-order valence-corrected chi connectivity index (χ2v) is 7.03. The lowest BCUT2D eigenvalue weighted by molar-refractivity contribution is 0.156. The smallest absolute Gasteiger partial charge is 0.0400 e. The van der Waals surface area contributed by atoms with Crippen molar-refractivity contribution < 1.29 is 0 Å². The zero-order valence-electron chi connectivity index (χ0n) is 14.2. The van der Waals surface area contributed by atoms with Gasteiger partial charge in [-0.1, -0.05) is 42.5 Å². The number of piperazine rings is 1. The SMILES string of the molecule is c1ccc(CNc2ccc([C@@H](C3CC3)N3CCNCC3)cc2)cc1. The van der Waals surface area contributed by atoms with Crippen LogP contribution in [0.5, 0.6) is 0 Å². The molecule has 0 spiro atoms. The highest BCUT2D eigenvalue weighted by Gasteiger charge is 2.36. The van der Waals surface area contributed by atoms with Gasteiger partial charge in [-0.15, -0.1) is 0 Å². The lowest BCUT2D eigenvalue weighted by Gasteiger charge is -2.35. The Balaban J connectivity index is 1.42. The number of anilines is 1. The Morgan fingerprint density at radius 3 is 2.33 bits per heavy atom. The zero-order chi connectivity index (χ0) is 16.2. The minimum Gasteiger partial charge on any atom is -0.381 e. The molecule has 2 aliphatic rings. The summed E-state index contributed by atoms with van der Waals surface area (Å²) in [6, 6.07) is 20.3. The molecular formula is C21H27N3. The highest BCUT2D eigenvalue weighted by atomic mass is 15.2. The Hall–Kier alpha value is -1.84. The third-order valence-corrected chi connectivity index (χ3v) is 5.21. The van der Waals surface area contributed by atoms with Crippen molar-refractivity contribution in [3.05, 3.63) is 65.7 Å². The molecule has 0 amide bonds. The molecule has 1 saturated heterocycles. The average molecular weight is 321 g/mol. The Morgan fingerprint density at radius 1 is 0.958 bits per heavy atom. The molecule has 24 heavy (non-hydrogen) atoms. The van der Waals surface area contributed by atoms with Gasteiger partial charge in [-0.3, -0.25) is 4.90 Å². The van der Waals surface area contributed by atoms with Crippen LogP contribution < -0.4 is 10.6 Å². The first-order chi connectivity index (χ1) is 11.9. The molecule has 2 N–H and O–H groups in total. The fourth-order valence-electron chi connectivity index (χ4n) is 3.75. The molecule has 2 fully saturated rings. The van der Waals surface area contributed by atoms with Gasteiger partial charge >= 0.3 is 0 Å². The van der Waals surface area contributed by atoms with E-state index < -0.39 is 0 Å². The fourth-order valence-corrected chi connectivity index (χ4v) is 3.75. The number of rotatable bonds is 6. The van der Waals surface area contributed by atoms with Gasteiger partial charge in [-0.05, 0) is 42.0 Å². The van der Waals surface area contributed by atoms with Crippen LogP contribution in [-0.2, 0) is 6.54 Å². The number of hydrogen-bond donors (Lipinski definition) is 2. The van der Waals surface area contributed by atoms with Crippen molar-refractivity contribution in [1.29, 1.82) is 0 Å². The van der Waals surface area contributed by atoms with Gasteiger partial charge in [0.15, 0.2) is 0 Å². The van der Waals surface area contributed by atoms with Gasteiger partial charge in [0, 0.05) is 44.5 Å². The lowest BCUT2D eigenvalue weighted by Crippen LogP contribution is -2.45. The van der Waals surface area contributed by atoms with E-state index in [9.17, 15) is 0 Å². The van der Waals surface area contributed by atoms with Crippen molar-refractivity contribution in [3.63, 3.8) is 0 Å².